The molecule has 2 heterocycles. The van der Waals surface area contributed by atoms with Gasteiger partial charge >= 0.3 is 0 Å². The van der Waals surface area contributed by atoms with Crippen molar-refractivity contribution < 1.29 is 4.79 Å². The maximum atomic E-state index is 11.6. The molecular weight excluding hydrogens is 292 g/mol. The van der Waals surface area contributed by atoms with Crippen LogP contribution in [0.4, 0.5) is 0 Å². The third-order valence-corrected chi connectivity index (χ3v) is 4.23. The summed E-state index contributed by atoms with van der Waals surface area (Å²) in [5.41, 5.74) is 0. The number of thiophene rings is 2. The van der Waals surface area contributed by atoms with Gasteiger partial charge in [0.05, 0.1) is 8.66 Å². The Labute approximate surface area is 104 Å². The topological polar surface area (TPSA) is 17.1 Å². The van der Waals surface area contributed by atoms with Crippen LogP contribution in [0.2, 0.25) is 0 Å². The average Bonchev–Trinajstić information content (AvgIpc) is 2.84. The lowest BCUT2D eigenvalue weighted by molar-refractivity contribution is 0.105. The highest BCUT2D eigenvalue weighted by Gasteiger charge is 2.01. The zero-order chi connectivity index (χ0) is 10.7. The summed E-state index contributed by atoms with van der Waals surface area (Å²) < 4.78 is 1.07. The van der Waals surface area contributed by atoms with Crippen molar-refractivity contribution in [3.63, 3.8) is 0 Å². The maximum Gasteiger partial charge on any atom is 0.195 e. The van der Waals surface area contributed by atoms with Crippen LogP contribution < -0.4 is 0 Å². The predicted octanol–water partition coefficient (Wildman–Crippen LogP) is 4.47. The Morgan fingerprint density at radius 3 is 2.80 bits per heavy atom. The molecule has 0 atom stereocenters. The maximum absolute atomic E-state index is 11.6. The molecule has 2 aromatic heterocycles. The molecule has 0 saturated heterocycles. The number of ketones is 1. The zero-order valence-electron chi connectivity index (χ0n) is 7.64. The number of rotatable bonds is 3. The van der Waals surface area contributed by atoms with Crippen molar-refractivity contribution in [3.8, 4) is 0 Å². The first-order valence-electron chi connectivity index (χ1n) is 4.27. The Morgan fingerprint density at radius 2 is 2.20 bits per heavy atom. The Morgan fingerprint density at radius 1 is 1.33 bits per heavy atom. The lowest BCUT2D eigenvalue weighted by Crippen LogP contribution is -1.87. The summed E-state index contributed by atoms with van der Waals surface area (Å²) in [6, 6.07) is 7.67. The van der Waals surface area contributed by atoms with Crippen molar-refractivity contribution >= 4 is 50.5 Å². The van der Waals surface area contributed by atoms with Crippen LogP contribution in [0, 0.1) is 0 Å². The molecule has 0 N–H and O–H groups in total. The van der Waals surface area contributed by atoms with Crippen LogP contribution in [0.15, 0.2) is 39.5 Å². The Hall–Kier alpha value is -0.710. The molecule has 0 radical (unpaired) electrons. The number of carbonyl (C=O) groups is 1. The summed E-state index contributed by atoms with van der Waals surface area (Å²) in [6.07, 6.45) is 3.46. The number of halogens is 1. The van der Waals surface area contributed by atoms with Crippen molar-refractivity contribution in [2.24, 2.45) is 0 Å². The van der Waals surface area contributed by atoms with Crippen molar-refractivity contribution in [2.45, 2.75) is 0 Å². The molecule has 0 spiro atoms. The van der Waals surface area contributed by atoms with E-state index in [1.54, 1.807) is 17.4 Å². The number of hydrogen-bond donors (Lipinski definition) is 0. The highest BCUT2D eigenvalue weighted by Crippen LogP contribution is 2.23. The van der Waals surface area contributed by atoms with Crippen LogP contribution in [0.3, 0.4) is 0 Å². The van der Waals surface area contributed by atoms with Gasteiger partial charge in [0.15, 0.2) is 5.78 Å². The normalized spacial score (nSPS) is 11.0. The summed E-state index contributed by atoms with van der Waals surface area (Å²) >= 11 is 6.45. The Bertz CT molecular complexity index is 482. The minimum atomic E-state index is 0.0644. The first kappa shape index (κ1) is 10.8. The SMILES string of the molecule is O=C(/C=C/c1ccc(Br)s1)c1cccs1. The molecule has 0 aliphatic heterocycles. The summed E-state index contributed by atoms with van der Waals surface area (Å²) in [5.74, 6) is 0.0644. The van der Waals surface area contributed by atoms with E-state index in [1.165, 1.54) is 11.3 Å². The lowest BCUT2D eigenvalue weighted by atomic mass is 10.3. The molecule has 0 amide bonds. The molecule has 15 heavy (non-hydrogen) atoms. The molecule has 1 nitrogen and oxygen atoms in total. The minimum Gasteiger partial charge on any atom is -0.288 e. The zero-order valence-corrected chi connectivity index (χ0v) is 10.9. The van der Waals surface area contributed by atoms with E-state index in [9.17, 15) is 4.79 Å². The van der Waals surface area contributed by atoms with Gasteiger partial charge in [-0.1, -0.05) is 6.07 Å². The van der Waals surface area contributed by atoms with Crippen LogP contribution in [-0.4, -0.2) is 5.78 Å². The quantitative estimate of drug-likeness (QED) is 0.604. The summed E-state index contributed by atoms with van der Waals surface area (Å²) in [5, 5.41) is 1.91. The van der Waals surface area contributed by atoms with Crippen molar-refractivity contribution in [2.75, 3.05) is 0 Å². The summed E-state index contributed by atoms with van der Waals surface area (Å²) in [4.78, 5) is 13.5. The van der Waals surface area contributed by atoms with E-state index in [0.717, 1.165) is 13.5 Å². The standard InChI is InChI=1S/C11H7BrOS2/c12-11-6-4-8(15-11)3-5-9(13)10-2-1-7-14-10/h1-7H/b5-3+. The minimum absolute atomic E-state index is 0.0644. The second-order valence-corrected chi connectivity index (χ2v) is 6.26. The molecule has 0 aliphatic carbocycles. The van der Waals surface area contributed by atoms with Gasteiger partial charge in [-0.2, -0.15) is 0 Å². The van der Waals surface area contributed by atoms with Crippen LogP contribution in [-0.2, 0) is 0 Å². The number of hydrogen-bond acceptors (Lipinski definition) is 3. The van der Waals surface area contributed by atoms with Gasteiger partial charge in [-0.15, -0.1) is 22.7 Å². The third kappa shape index (κ3) is 2.87. The molecule has 0 bridgehead atoms. The van der Waals surface area contributed by atoms with Gasteiger partial charge in [0.25, 0.3) is 0 Å². The molecule has 0 fully saturated rings. The molecule has 4 heteroatoms. The summed E-state index contributed by atoms with van der Waals surface area (Å²) in [6.45, 7) is 0. The molecular formula is C11H7BrOS2. The molecule has 0 aliphatic rings. The average molecular weight is 299 g/mol. The Balaban J connectivity index is 2.09. The second-order valence-electron chi connectivity index (χ2n) is 2.82. The van der Waals surface area contributed by atoms with Crippen LogP contribution in [0.5, 0.6) is 0 Å². The van der Waals surface area contributed by atoms with E-state index in [4.69, 9.17) is 0 Å². The molecule has 2 aromatic rings. The van der Waals surface area contributed by atoms with Gasteiger partial charge in [0.2, 0.25) is 0 Å². The highest BCUT2D eigenvalue weighted by molar-refractivity contribution is 9.11. The van der Waals surface area contributed by atoms with E-state index >= 15 is 0 Å². The van der Waals surface area contributed by atoms with E-state index in [1.807, 2.05) is 35.7 Å². The van der Waals surface area contributed by atoms with E-state index in [2.05, 4.69) is 15.9 Å². The number of carbonyl (C=O) groups excluding carboxylic acids is 1. The third-order valence-electron chi connectivity index (χ3n) is 1.76. The molecule has 0 unspecified atom stereocenters. The molecule has 2 rings (SSSR count). The van der Waals surface area contributed by atoms with Gasteiger partial charge in [-0.3, -0.25) is 4.79 Å². The summed E-state index contributed by atoms with van der Waals surface area (Å²) in [7, 11) is 0. The van der Waals surface area contributed by atoms with Gasteiger partial charge in [-0.05, 0) is 51.7 Å². The van der Waals surface area contributed by atoms with Gasteiger partial charge < -0.3 is 0 Å². The first-order chi connectivity index (χ1) is 7.25. The molecule has 76 valence electrons. The van der Waals surface area contributed by atoms with Crippen molar-refractivity contribution in [1.29, 1.82) is 0 Å². The van der Waals surface area contributed by atoms with E-state index in [-0.39, 0.29) is 5.78 Å². The van der Waals surface area contributed by atoms with Gasteiger partial charge in [0.1, 0.15) is 0 Å². The van der Waals surface area contributed by atoms with E-state index < -0.39 is 0 Å². The fourth-order valence-electron chi connectivity index (χ4n) is 1.08. The lowest BCUT2D eigenvalue weighted by Gasteiger charge is -1.86. The second kappa shape index (κ2) is 4.88. The predicted molar refractivity (Wildman–Crippen MR) is 69.7 cm³/mol. The van der Waals surface area contributed by atoms with Crippen molar-refractivity contribution in [1.82, 2.24) is 0 Å². The molecule has 0 saturated carbocycles. The smallest absolute Gasteiger partial charge is 0.195 e. The van der Waals surface area contributed by atoms with Crippen LogP contribution in [0.1, 0.15) is 14.5 Å². The Kier molecular flexibility index (Phi) is 3.51. The molecule has 0 aromatic carbocycles. The first-order valence-corrected chi connectivity index (χ1v) is 6.76. The number of allylic oxidation sites excluding steroid dienone is 1. The fraction of sp³-hybridized carbons (Fsp3) is 0. The highest BCUT2D eigenvalue weighted by atomic mass is 79.9. The van der Waals surface area contributed by atoms with Gasteiger partial charge in [-0.25, -0.2) is 0 Å². The van der Waals surface area contributed by atoms with E-state index in [0.29, 0.717) is 0 Å². The van der Waals surface area contributed by atoms with Crippen LogP contribution >= 0.6 is 38.6 Å². The van der Waals surface area contributed by atoms with Crippen molar-refractivity contribution in [3.05, 3.63) is 49.3 Å². The van der Waals surface area contributed by atoms with Gasteiger partial charge in [0, 0.05) is 4.88 Å². The monoisotopic (exact) mass is 298 g/mol. The largest absolute Gasteiger partial charge is 0.288 e. The van der Waals surface area contributed by atoms with Crippen LogP contribution in [0.25, 0.3) is 6.08 Å². The fourth-order valence-corrected chi connectivity index (χ4v) is 3.05.